The molecule has 0 unspecified atom stereocenters. The summed E-state index contributed by atoms with van der Waals surface area (Å²) in [5, 5.41) is 0. The number of nitrogens with one attached hydrogen (secondary N) is 1. The lowest BCUT2D eigenvalue weighted by molar-refractivity contribution is 0.484. The molecule has 2 rings (SSSR count). The van der Waals surface area contributed by atoms with Crippen LogP contribution in [-0.2, 0) is 16.6 Å². The van der Waals surface area contributed by atoms with E-state index in [-0.39, 0.29) is 16.1 Å². The second-order valence-electron chi connectivity index (χ2n) is 3.67. The third-order valence-electron chi connectivity index (χ3n) is 2.27. The molecule has 0 fully saturated rings. The van der Waals surface area contributed by atoms with Gasteiger partial charge in [-0.2, -0.15) is 0 Å². The van der Waals surface area contributed by atoms with Gasteiger partial charge in [0, 0.05) is 15.3 Å². The van der Waals surface area contributed by atoms with E-state index in [0.717, 1.165) is 3.57 Å². The summed E-state index contributed by atoms with van der Waals surface area (Å²) < 4.78 is 33.2. The zero-order chi connectivity index (χ0) is 14.0. The van der Waals surface area contributed by atoms with E-state index in [1.165, 1.54) is 6.07 Å². The third kappa shape index (κ3) is 3.50. The van der Waals surface area contributed by atoms with Gasteiger partial charge in [-0.25, -0.2) is 8.42 Å². The highest BCUT2D eigenvalue weighted by Gasteiger charge is 2.22. The van der Waals surface area contributed by atoms with E-state index >= 15 is 0 Å². The number of furan rings is 1. The smallest absolute Gasteiger partial charge is 0.266 e. The summed E-state index contributed by atoms with van der Waals surface area (Å²) in [5.74, 6) is 0.398. The molecular weight excluding hydrogens is 447 g/mol. The molecule has 8 heteroatoms. The Hall–Kier alpha value is -0.580. The van der Waals surface area contributed by atoms with Crippen LogP contribution < -0.4 is 10.5 Å². The van der Waals surface area contributed by atoms with Crippen LogP contribution in [0.15, 0.2) is 44.3 Å². The molecule has 3 N–H and O–H groups in total. The summed E-state index contributed by atoms with van der Waals surface area (Å²) in [6.45, 7) is 0.136. The summed E-state index contributed by atoms with van der Waals surface area (Å²) >= 11 is 5.19. The van der Waals surface area contributed by atoms with Crippen LogP contribution in [0.5, 0.6) is 0 Å². The molecule has 2 aromatic rings. The first-order valence-electron chi connectivity index (χ1n) is 5.19. The van der Waals surface area contributed by atoms with Crippen molar-refractivity contribution in [2.24, 2.45) is 5.73 Å². The van der Waals surface area contributed by atoms with Crippen LogP contribution in [-0.4, -0.2) is 8.42 Å². The molecule has 1 heterocycles. The molecule has 0 atom stereocenters. The van der Waals surface area contributed by atoms with Crippen molar-refractivity contribution in [2.45, 2.75) is 11.4 Å². The van der Waals surface area contributed by atoms with Crippen molar-refractivity contribution in [3.63, 3.8) is 0 Å². The molecule has 102 valence electrons. The van der Waals surface area contributed by atoms with E-state index < -0.39 is 10.0 Å². The largest absolute Gasteiger partial charge is 0.452 e. The lowest BCUT2D eigenvalue weighted by Crippen LogP contribution is -2.12. The zero-order valence-corrected chi connectivity index (χ0v) is 14.1. The molecule has 0 amide bonds. The molecule has 0 saturated carbocycles. The molecular formula is C11H10BrIN2O3S. The molecule has 5 nitrogen and oxygen atoms in total. The van der Waals surface area contributed by atoms with Gasteiger partial charge in [-0.3, -0.25) is 4.72 Å². The van der Waals surface area contributed by atoms with Crippen LogP contribution in [0.25, 0.3) is 0 Å². The molecule has 0 aliphatic carbocycles. The minimum Gasteiger partial charge on any atom is -0.452 e. The fourth-order valence-electron chi connectivity index (χ4n) is 1.44. The molecule has 0 aliphatic rings. The minimum absolute atomic E-state index is 0.0341. The number of hydrogen-bond acceptors (Lipinski definition) is 4. The fraction of sp³-hybridized carbons (Fsp3) is 0.0909. The Balaban J connectivity index is 2.34. The van der Waals surface area contributed by atoms with Crippen LogP contribution in [0.4, 0.5) is 5.69 Å². The second kappa shape index (κ2) is 5.81. The van der Waals surface area contributed by atoms with Crippen molar-refractivity contribution in [1.29, 1.82) is 0 Å². The number of halogens is 2. The number of rotatable bonds is 4. The fourth-order valence-corrected chi connectivity index (χ4v) is 4.04. The number of benzene rings is 1. The normalized spacial score (nSPS) is 11.5. The van der Waals surface area contributed by atoms with Crippen molar-refractivity contribution >= 4 is 54.2 Å². The lowest BCUT2D eigenvalue weighted by atomic mass is 10.3. The van der Waals surface area contributed by atoms with E-state index in [1.54, 1.807) is 18.2 Å². The Morgan fingerprint density at radius 3 is 2.68 bits per heavy atom. The quantitative estimate of drug-likeness (QED) is 0.692. The zero-order valence-electron chi connectivity index (χ0n) is 9.56. The van der Waals surface area contributed by atoms with E-state index in [2.05, 4.69) is 43.2 Å². The van der Waals surface area contributed by atoms with Gasteiger partial charge in [-0.15, -0.1) is 0 Å². The second-order valence-corrected chi connectivity index (χ2v) is 7.29. The molecule has 0 radical (unpaired) electrons. The first-order chi connectivity index (χ1) is 8.92. The first-order valence-corrected chi connectivity index (χ1v) is 8.54. The predicted molar refractivity (Wildman–Crippen MR) is 84.3 cm³/mol. The average Bonchev–Trinajstić information content (AvgIpc) is 2.71. The average molecular weight is 457 g/mol. The first kappa shape index (κ1) is 14.8. The highest BCUT2D eigenvalue weighted by Crippen LogP contribution is 2.28. The highest BCUT2D eigenvalue weighted by atomic mass is 127. The van der Waals surface area contributed by atoms with E-state index in [4.69, 9.17) is 10.2 Å². The van der Waals surface area contributed by atoms with Crippen molar-refractivity contribution in [1.82, 2.24) is 0 Å². The minimum atomic E-state index is -3.70. The maximum absolute atomic E-state index is 12.2. The van der Waals surface area contributed by atoms with Crippen LogP contribution in [0.3, 0.4) is 0 Å². The Labute approximate surface area is 132 Å². The highest BCUT2D eigenvalue weighted by molar-refractivity contribution is 14.1. The van der Waals surface area contributed by atoms with Gasteiger partial charge in [-0.05, 0) is 56.7 Å². The molecule has 19 heavy (non-hydrogen) atoms. The van der Waals surface area contributed by atoms with Gasteiger partial charge in [0.2, 0.25) is 0 Å². The predicted octanol–water partition coefficient (Wildman–Crippen LogP) is 2.91. The van der Waals surface area contributed by atoms with Gasteiger partial charge in [0.05, 0.1) is 6.54 Å². The number of hydrogen-bond donors (Lipinski definition) is 2. The molecule has 0 spiro atoms. The van der Waals surface area contributed by atoms with Crippen LogP contribution in [0.2, 0.25) is 0 Å². The van der Waals surface area contributed by atoms with E-state index in [0.29, 0.717) is 11.4 Å². The maximum atomic E-state index is 12.2. The third-order valence-corrected chi connectivity index (χ3v) is 5.18. The van der Waals surface area contributed by atoms with Gasteiger partial charge < -0.3 is 10.2 Å². The van der Waals surface area contributed by atoms with Gasteiger partial charge in [0.15, 0.2) is 4.67 Å². The standard InChI is InChI=1S/C11H10BrIN2O3S/c12-11-10(5-9(6-14)18-11)19(16,17)15-8-3-1-2-7(13)4-8/h1-5,15H,6,14H2. The Morgan fingerprint density at radius 1 is 1.37 bits per heavy atom. The Morgan fingerprint density at radius 2 is 2.11 bits per heavy atom. The summed E-state index contributed by atoms with van der Waals surface area (Å²) in [5.41, 5.74) is 5.91. The van der Waals surface area contributed by atoms with Crippen molar-refractivity contribution in [2.75, 3.05) is 4.72 Å². The molecule has 0 aliphatic heterocycles. The summed E-state index contributed by atoms with van der Waals surface area (Å²) in [4.78, 5) is 0.0341. The molecule has 1 aromatic heterocycles. The monoisotopic (exact) mass is 456 g/mol. The lowest BCUT2D eigenvalue weighted by Gasteiger charge is -2.06. The topological polar surface area (TPSA) is 85.3 Å². The number of nitrogens with two attached hydrogens (primary N) is 1. The maximum Gasteiger partial charge on any atom is 0.266 e. The summed E-state index contributed by atoms with van der Waals surface area (Å²) in [6.07, 6.45) is 0. The molecule has 1 aromatic carbocycles. The van der Waals surface area contributed by atoms with Gasteiger partial charge in [-0.1, -0.05) is 6.07 Å². The van der Waals surface area contributed by atoms with Gasteiger partial charge in [0.25, 0.3) is 10.0 Å². The summed E-state index contributed by atoms with van der Waals surface area (Å²) in [7, 11) is -3.70. The molecule has 0 saturated heterocycles. The van der Waals surface area contributed by atoms with Crippen LogP contribution in [0, 0.1) is 3.57 Å². The van der Waals surface area contributed by atoms with Crippen molar-refractivity contribution in [3.8, 4) is 0 Å². The Bertz CT molecular complexity index is 700. The SMILES string of the molecule is NCc1cc(S(=O)(=O)Nc2cccc(I)c2)c(Br)o1. The van der Waals surface area contributed by atoms with E-state index in [1.807, 2.05) is 6.07 Å². The Kier molecular flexibility index (Phi) is 4.54. The van der Waals surface area contributed by atoms with Crippen LogP contribution in [0.1, 0.15) is 5.76 Å². The van der Waals surface area contributed by atoms with Gasteiger partial charge in [0.1, 0.15) is 10.7 Å². The summed E-state index contributed by atoms with van der Waals surface area (Å²) in [6, 6.07) is 8.46. The molecule has 0 bridgehead atoms. The van der Waals surface area contributed by atoms with Gasteiger partial charge >= 0.3 is 0 Å². The van der Waals surface area contributed by atoms with Crippen molar-refractivity contribution < 1.29 is 12.8 Å². The number of anilines is 1. The number of sulfonamides is 1. The van der Waals surface area contributed by atoms with E-state index in [9.17, 15) is 8.42 Å². The van der Waals surface area contributed by atoms with Crippen molar-refractivity contribution in [3.05, 3.63) is 44.3 Å². The van der Waals surface area contributed by atoms with Crippen LogP contribution >= 0.6 is 38.5 Å².